The van der Waals surface area contributed by atoms with Gasteiger partial charge in [0.15, 0.2) is 11.5 Å². The largest absolute Gasteiger partial charge is 0.493 e. The van der Waals surface area contributed by atoms with Crippen molar-refractivity contribution in [2.24, 2.45) is 0 Å². The van der Waals surface area contributed by atoms with Crippen LogP contribution in [0.25, 0.3) is 6.08 Å². The monoisotopic (exact) mass is 367 g/mol. The van der Waals surface area contributed by atoms with Crippen LogP contribution >= 0.6 is 0 Å². The van der Waals surface area contributed by atoms with Gasteiger partial charge in [-0.3, -0.25) is 14.9 Å². The molecule has 0 bridgehead atoms. The Kier molecular flexibility index (Phi) is 6.49. The third kappa shape index (κ3) is 5.06. The molecule has 0 atom stereocenters. The van der Waals surface area contributed by atoms with Crippen LogP contribution in [0.3, 0.4) is 0 Å². The van der Waals surface area contributed by atoms with Gasteiger partial charge in [-0.05, 0) is 41.5 Å². The van der Waals surface area contributed by atoms with Crippen LogP contribution in [-0.2, 0) is 11.4 Å². The van der Waals surface area contributed by atoms with Crippen LogP contribution < -0.4 is 14.8 Å². The van der Waals surface area contributed by atoms with Crippen molar-refractivity contribution in [3.8, 4) is 17.6 Å². The number of hydrogen-bond donors (Lipinski definition) is 1. The zero-order valence-electron chi connectivity index (χ0n) is 14.8. The first-order valence-electron chi connectivity index (χ1n) is 7.86. The van der Waals surface area contributed by atoms with Crippen LogP contribution in [0.1, 0.15) is 11.1 Å². The maximum atomic E-state index is 11.6. The second-order valence-corrected chi connectivity index (χ2v) is 5.37. The van der Waals surface area contributed by atoms with Crippen LogP contribution in [0.4, 0.5) is 5.69 Å². The van der Waals surface area contributed by atoms with Crippen molar-refractivity contribution < 1.29 is 19.2 Å². The number of likely N-dealkylation sites (N-methyl/N-ethyl adjacent to an activating group) is 1. The molecule has 0 spiro atoms. The van der Waals surface area contributed by atoms with Gasteiger partial charge in [-0.1, -0.05) is 6.07 Å². The quantitative estimate of drug-likeness (QED) is 0.348. The molecule has 0 aliphatic carbocycles. The molecule has 2 aromatic rings. The summed E-state index contributed by atoms with van der Waals surface area (Å²) in [5.74, 6) is 0.410. The first-order chi connectivity index (χ1) is 13.0. The van der Waals surface area contributed by atoms with E-state index in [1.807, 2.05) is 6.07 Å². The Balaban J connectivity index is 2.22. The molecule has 8 heteroatoms. The molecular formula is C19H17N3O5. The summed E-state index contributed by atoms with van der Waals surface area (Å²) in [5.41, 5.74) is 1.30. The SMILES string of the molecule is CNC(=O)/C(C#N)=C/c1ccc(OC)c(OCc2ccc([N+](=O)[O-])cc2)c1. The van der Waals surface area contributed by atoms with Gasteiger partial charge in [0, 0.05) is 19.2 Å². The smallest absolute Gasteiger partial charge is 0.269 e. The molecular weight excluding hydrogens is 350 g/mol. The van der Waals surface area contributed by atoms with Gasteiger partial charge in [0.05, 0.1) is 12.0 Å². The first-order valence-corrected chi connectivity index (χ1v) is 7.86. The number of hydrogen-bond acceptors (Lipinski definition) is 6. The highest BCUT2D eigenvalue weighted by Gasteiger charge is 2.10. The number of nitriles is 1. The van der Waals surface area contributed by atoms with Gasteiger partial charge in [0.2, 0.25) is 0 Å². The minimum Gasteiger partial charge on any atom is -0.493 e. The van der Waals surface area contributed by atoms with E-state index < -0.39 is 10.8 Å². The van der Waals surface area contributed by atoms with Gasteiger partial charge < -0.3 is 14.8 Å². The summed E-state index contributed by atoms with van der Waals surface area (Å²) >= 11 is 0. The lowest BCUT2D eigenvalue weighted by Gasteiger charge is -2.11. The van der Waals surface area contributed by atoms with Gasteiger partial charge in [0.1, 0.15) is 18.2 Å². The molecule has 0 aliphatic rings. The van der Waals surface area contributed by atoms with Crippen molar-refractivity contribution in [3.63, 3.8) is 0 Å². The normalized spacial score (nSPS) is 10.6. The van der Waals surface area contributed by atoms with E-state index >= 15 is 0 Å². The fraction of sp³-hybridized carbons (Fsp3) is 0.158. The van der Waals surface area contributed by atoms with Gasteiger partial charge in [0.25, 0.3) is 11.6 Å². The Morgan fingerprint density at radius 2 is 1.96 bits per heavy atom. The van der Waals surface area contributed by atoms with Crippen molar-refractivity contribution in [1.29, 1.82) is 5.26 Å². The molecule has 0 fully saturated rings. The number of ether oxygens (including phenoxy) is 2. The predicted molar refractivity (Wildman–Crippen MR) is 98.1 cm³/mol. The number of nitro groups is 1. The van der Waals surface area contributed by atoms with Crippen molar-refractivity contribution in [2.45, 2.75) is 6.61 Å². The van der Waals surface area contributed by atoms with E-state index in [4.69, 9.17) is 14.7 Å². The summed E-state index contributed by atoms with van der Waals surface area (Å²) in [5, 5.41) is 22.2. The highest BCUT2D eigenvalue weighted by atomic mass is 16.6. The summed E-state index contributed by atoms with van der Waals surface area (Å²) < 4.78 is 11.0. The lowest BCUT2D eigenvalue weighted by Crippen LogP contribution is -2.19. The molecule has 0 radical (unpaired) electrons. The standard InChI is InChI=1S/C19H17N3O5/c1-21-19(23)15(11-20)9-14-5-8-17(26-2)18(10-14)27-12-13-3-6-16(7-4-13)22(24)25/h3-10H,12H2,1-2H3,(H,21,23)/b15-9+. The van der Waals surface area contributed by atoms with Gasteiger partial charge in [-0.15, -0.1) is 0 Å². The fourth-order valence-corrected chi connectivity index (χ4v) is 2.22. The van der Waals surface area contributed by atoms with E-state index in [1.54, 1.807) is 30.3 Å². The van der Waals surface area contributed by atoms with Crippen LogP contribution in [0.15, 0.2) is 48.0 Å². The van der Waals surface area contributed by atoms with Crippen LogP contribution in [0, 0.1) is 21.4 Å². The molecule has 1 N–H and O–H groups in total. The lowest BCUT2D eigenvalue weighted by atomic mass is 10.1. The molecule has 0 saturated heterocycles. The maximum absolute atomic E-state index is 11.6. The Labute approximate surface area is 155 Å². The van der Waals surface area contributed by atoms with Gasteiger partial charge in [-0.25, -0.2) is 0 Å². The molecule has 27 heavy (non-hydrogen) atoms. The van der Waals surface area contributed by atoms with E-state index in [-0.39, 0.29) is 17.9 Å². The van der Waals surface area contributed by atoms with Crippen molar-refractivity contribution in [1.82, 2.24) is 5.32 Å². The number of amides is 1. The minimum absolute atomic E-state index is 0.00157. The number of carbonyl (C=O) groups excluding carboxylic acids is 1. The van der Waals surface area contributed by atoms with Gasteiger partial charge >= 0.3 is 0 Å². The Bertz CT molecular complexity index is 914. The number of methoxy groups -OCH3 is 1. The topological polar surface area (TPSA) is 114 Å². The number of rotatable bonds is 7. The third-order valence-electron chi connectivity index (χ3n) is 3.63. The van der Waals surface area contributed by atoms with Crippen LogP contribution in [-0.4, -0.2) is 25.0 Å². The number of nitrogens with one attached hydrogen (secondary N) is 1. The van der Waals surface area contributed by atoms with Crippen molar-refractivity contribution in [2.75, 3.05) is 14.2 Å². The second-order valence-electron chi connectivity index (χ2n) is 5.37. The molecule has 2 aromatic carbocycles. The van der Waals surface area contributed by atoms with E-state index in [0.717, 1.165) is 5.56 Å². The molecule has 0 saturated carbocycles. The van der Waals surface area contributed by atoms with Crippen molar-refractivity contribution >= 4 is 17.7 Å². The summed E-state index contributed by atoms with van der Waals surface area (Å²) in [6.07, 6.45) is 1.44. The molecule has 0 unspecified atom stereocenters. The number of nitro benzene ring substituents is 1. The Hall–Kier alpha value is -3.86. The van der Waals surface area contributed by atoms with Crippen LogP contribution in [0.2, 0.25) is 0 Å². The van der Waals surface area contributed by atoms with Crippen molar-refractivity contribution in [3.05, 3.63) is 69.3 Å². The molecule has 0 aromatic heterocycles. The average Bonchev–Trinajstić information content (AvgIpc) is 2.70. The Morgan fingerprint density at radius 1 is 1.26 bits per heavy atom. The van der Waals surface area contributed by atoms with Gasteiger partial charge in [-0.2, -0.15) is 5.26 Å². The molecule has 2 rings (SSSR count). The molecule has 1 amide bonds. The first kappa shape index (κ1) is 19.5. The summed E-state index contributed by atoms with van der Waals surface area (Å²) in [4.78, 5) is 21.9. The molecule has 8 nitrogen and oxygen atoms in total. The number of non-ortho nitro benzene ring substituents is 1. The molecule has 138 valence electrons. The number of benzene rings is 2. The predicted octanol–water partition coefficient (Wildman–Crippen LogP) is 2.84. The maximum Gasteiger partial charge on any atom is 0.269 e. The van der Waals surface area contributed by atoms with E-state index in [2.05, 4.69) is 5.32 Å². The van der Waals surface area contributed by atoms with E-state index in [9.17, 15) is 14.9 Å². The average molecular weight is 367 g/mol. The highest BCUT2D eigenvalue weighted by molar-refractivity contribution is 6.01. The van der Waals surface area contributed by atoms with E-state index in [0.29, 0.717) is 17.1 Å². The number of nitrogens with zero attached hydrogens (tertiary/aromatic N) is 2. The van der Waals surface area contributed by atoms with Crippen LogP contribution in [0.5, 0.6) is 11.5 Å². The molecule has 0 aliphatic heterocycles. The lowest BCUT2D eigenvalue weighted by molar-refractivity contribution is -0.384. The zero-order chi connectivity index (χ0) is 19.8. The zero-order valence-corrected chi connectivity index (χ0v) is 14.8. The Morgan fingerprint density at radius 3 is 2.52 bits per heavy atom. The van der Waals surface area contributed by atoms with E-state index in [1.165, 1.54) is 32.4 Å². The second kappa shape index (κ2) is 9.01. The summed E-state index contributed by atoms with van der Waals surface area (Å²) in [6, 6.07) is 12.9. The minimum atomic E-state index is -0.485. The fourth-order valence-electron chi connectivity index (χ4n) is 2.22. The highest BCUT2D eigenvalue weighted by Crippen LogP contribution is 2.30. The third-order valence-corrected chi connectivity index (χ3v) is 3.63. The summed E-state index contributed by atoms with van der Waals surface area (Å²) in [7, 11) is 2.94. The summed E-state index contributed by atoms with van der Waals surface area (Å²) in [6.45, 7) is 0.169. The molecule has 0 heterocycles. The number of carbonyl (C=O) groups is 1.